The van der Waals surface area contributed by atoms with Gasteiger partial charge in [-0.15, -0.1) is 0 Å². The second-order valence-corrected chi connectivity index (χ2v) is 22.0. The van der Waals surface area contributed by atoms with Crippen LogP contribution in [0, 0.1) is 69.0 Å². The van der Waals surface area contributed by atoms with Crippen LogP contribution in [0.15, 0.2) is 47.6 Å². The average Bonchev–Trinajstić information content (AvgIpc) is 3.75. The monoisotopic (exact) mass is 934 g/mol. The van der Waals surface area contributed by atoms with Crippen LogP contribution in [-0.4, -0.2) is 101 Å². The number of hydrogen-bond acceptors (Lipinski definition) is 14. The Kier molecular flexibility index (Phi) is 13.3. The molecule has 0 bridgehead atoms. The maximum Gasteiger partial charge on any atom is 0.309 e. The second kappa shape index (κ2) is 18.2. The first-order valence-corrected chi connectivity index (χ1v) is 24.3. The summed E-state index contributed by atoms with van der Waals surface area (Å²) >= 11 is 0. The van der Waals surface area contributed by atoms with Gasteiger partial charge < -0.3 is 34.3 Å². The molecule has 15 heteroatoms. The number of ketones is 3. The van der Waals surface area contributed by atoms with Crippen molar-refractivity contribution < 1.29 is 72.2 Å². The summed E-state index contributed by atoms with van der Waals surface area (Å²) in [5.74, 6) is -5.58. The fourth-order valence-electron chi connectivity index (χ4n) is 15.6. The zero-order valence-corrected chi connectivity index (χ0v) is 39.3. The van der Waals surface area contributed by atoms with Gasteiger partial charge in [-0.25, -0.2) is 4.39 Å². The Balaban J connectivity index is 0.719. The summed E-state index contributed by atoms with van der Waals surface area (Å²) in [6.07, 6.45) is 11.1. The molecule has 6 saturated carbocycles. The van der Waals surface area contributed by atoms with Crippen LogP contribution in [0.2, 0.25) is 0 Å². The summed E-state index contributed by atoms with van der Waals surface area (Å²) in [5, 5.41) is 33.3. The van der Waals surface area contributed by atoms with Gasteiger partial charge in [-0.05, 0) is 111 Å². The van der Waals surface area contributed by atoms with E-state index in [2.05, 4.69) is 13.8 Å². The number of hydrogen-bond donors (Lipinski definition) is 3. The van der Waals surface area contributed by atoms with E-state index in [4.69, 9.17) is 18.9 Å². The summed E-state index contributed by atoms with van der Waals surface area (Å²) in [5.41, 5.74) is -2.88. The minimum atomic E-state index is -2.02. The summed E-state index contributed by atoms with van der Waals surface area (Å²) in [6, 6.07) is 0. The molecule has 16 unspecified atom stereocenters. The largest absolute Gasteiger partial charge is 0.458 e. The molecule has 366 valence electrons. The molecule has 0 aromatic rings. The van der Waals surface area contributed by atoms with Crippen molar-refractivity contribution in [3.05, 3.63) is 47.6 Å². The predicted octanol–water partition coefficient (Wildman–Crippen LogP) is 5.74. The van der Waals surface area contributed by atoms with Gasteiger partial charge in [-0.1, -0.05) is 63.1 Å². The van der Waals surface area contributed by atoms with Crippen molar-refractivity contribution in [3.63, 3.8) is 0 Å². The molecule has 0 spiro atoms. The first kappa shape index (κ1) is 49.1. The molecule has 0 radical (unpaired) electrons. The number of alkyl halides is 1. The highest BCUT2D eigenvalue weighted by molar-refractivity contribution is 6.01. The van der Waals surface area contributed by atoms with Crippen LogP contribution in [0.25, 0.3) is 0 Å². The molecule has 14 nitrogen and oxygen atoms in total. The molecular weight excluding hydrogens is 868 g/mol. The van der Waals surface area contributed by atoms with Crippen LogP contribution in [0.5, 0.6) is 0 Å². The predicted molar refractivity (Wildman–Crippen MR) is 236 cm³/mol. The second-order valence-electron chi connectivity index (χ2n) is 22.0. The van der Waals surface area contributed by atoms with Crippen molar-refractivity contribution in [2.45, 2.75) is 142 Å². The van der Waals surface area contributed by atoms with Crippen LogP contribution >= 0.6 is 0 Å². The van der Waals surface area contributed by atoms with E-state index in [0.717, 1.165) is 24.8 Å². The molecule has 0 heterocycles. The maximum atomic E-state index is 17.4. The molecule has 67 heavy (non-hydrogen) atoms. The van der Waals surface area contributed by atoms with E-state index in [1.165, 1.54) is 12.2 Å². The summed E-state index contributed by atoms with van der Waals surface area (Å²) in [7, 11) is 0. The van der Waals surface area contributed by atoms with Crippen LogP contribution in [0.4, 0.5) is 4.39 Å². The number of Topliss-reactive ketones (excluding diaryl/α,β-unsaturated/α-hetero) is 2. The molecular formula is C52H67FO14. The number of fused-ring (bicyclic) bond motifs is 10. The van der Waals surface area contributed by atoms with Crippen molar-refractivity contribution in [1.82, 2.24) is 0 Å². The molecule has 0 saturated heterocycles. The Hall–Kier alpha value is -4.34. The van der Waals surface area contributed by atoms with Gasteiger partial charge in [0.2, 0.25) is 6.79 Å². The lowest BCUT2D eigenvalue weighted by molar-refractivity contribution is -0.196. The van der Waals surface area contributed by atoms with Gasteiger partial charge in [0.25, 0.3) is 0 Å². The van der Waals surface area contributed by atoms with E-state index in [-0.39, 0.29) is 71.1 Å². The third-order valence-corrected chi connectivity index (χ3v) is 18.6. The molecule has 8 aliphatic rings. The molecule has 6 fully saturated rings. The van der Waals surface area contributed by atoms with Gasteiger partial charge in [0.1, 0.15) is 13.2 Å². The minimum absolute atomic E-state index is 0.0149. The highest BCUT2D eigenvalue weighted by Gasteiger charge is 2.72. The lowest BCUT2D eigenvalue weighted by Crippen LogP contribution is -2.66. The number of carbonyl (C=O) groups is 7. The van der Waals surface area contributed by atoms with E-state index in [9.17, 15) is 48.9 Å². The van der Waals surface area contributed by atoms with Crippen molar-refractivity contribution in [3.8, 4) is 0 Å². The maximum absolute atomic E-state index is 17.4. The van der Waals surface area contributed by atoms with Gasteiger partial charge in [0, 0.05) is 34.5 Å². The van der Waals surface area contributed by atoms with Crippen molar-refractivity contribution >= 4 is 41.2 Å². The summed E-state index contributed by atoms with van der Waals surface area (Å²) < 4.78 is 37.8. The Bertz CT molecular complexity index is 2190. The number of carbonyl (C=O) groups excluding carboxylic acids is 7. The van der Waals surface area contributed by atoms with Crippen LogP contribution in [-0.2, 0) is 52.5 Å². The minimum Gasteiger partial charge on any atom is -0.458 e. The highest BCUT2D eigenvalue weighted by Crippen LogP contribution is 2.70. The number of halogens is 1. The van der Waals surface area contributed by atoms with Crippen LogP contribution in [0.1, 0.15) is 118 Å². The zero-order valence-electron chi connectivity index (χ0n) is 39.3. The van der Waals surface area contributed by atoms with Gasteiger partial charge in [-0.2, -0.15) is 0 Å². The number of ether oxygens (including phenoxy) is 4. The van der Waals surface area contributed by atoms with Gasteiger partial charge in [0.15, 0.2) is 23.0 Å². The molecule has 3 N–H and O–H groups in total. The number of aliphatic hydroxyl groups excluding tert-OH is 3. The number of esters is 4. The molecule has 0 aliphatic heterocycles. The van der Waals surface area contributed by atoms with E-state index in [1.807, 2.05) is 26.0 Å². The van der Waals surface area contributed by atoms with E-state index >= 15 is 4.39 Å². The standard InChI is InChI=1S/C52H67FO14/c1-28-20-37-35-9-7-30-22-32(55)17-19-51(30,5)52(35,53)41(59)24-50(37,4)46(28)40(58)26-65-43(61)13-15-45(63)67-27-66-44(62)14-12-42(60)64-25-39(57)36-11-10-34-33-8-6-29-21-31(54)16-18-48(29,2)47(33)38(56)23-49(34,36)3/h16-19,21-22,28,31,33-38,41,46-47,54,56,59H,6-15,20,23-27H2,1-5H3. The molecule has 8 aliphatic carbocycles. The molecule has 0 aromatic carbocycles. The SMILES string of the molecule is CC1CC2C3CCC4=CC(=O)C=CC4(C)C3(F)C(O)CC2(C)C1C(=O)COC(=O)CCC(=O)OCOC(=O)CCC(=O)OCC(=O)C1CCC2C3CCC4=CC(O)C=CC4(C)C3C(O)CC12C. The first-order valence-electron chi connectivity index (χ1n) is 24.3. The van der Waals surface area contributed by atoms with Crippen molar-refractivity contribution in [2.24, 2.45) is 69.0 Å². The molecule has 16 atom stereocenters. The molecule has 0 aromatic heterocycles. The number of aliphatic hydroxyl groups is 3. The van der Waals surface area contributed by atoms with Crippen molar-refractivity contribution in [1.29, 1.82) is 0 Å². The third-order valence-electron chi connectivity index (χ3n) is 18.6. The number of allylic oxidation sites excluding steroid dienone is 6. The number of rotatable bonds is 14. The van der Waals surface area contributed by atoms with Gasteiger partial charge >= 0.3 is 23.9 Å². The van der Waals surface area contributed by atoms with Gasteiger partial charge in [0.05, 0.1) is 44.0 Å². The average molecular weight is 935 g/mol. The normalized spacial score (nSPS) is 42.3. The molecule has 8 rings (SSSR count). The summed E-state index contributed by atoms with van der Waals surface area (Å²) in [4.78, 5) is 89.1. The molecule has 0 amide bonds. The van der Waals surface area contributed by atoms with Gasteiger partial charge in [-0.3, -0.25) is 33.6 Å². The van der Waals surface area contributed by atoms with E-state index in [0.29, 0.717) is 37.7 Å². The van der Waals surface area contributed by atoms with Crippen LogP contribution < -0.4 is 0 Å². The smallest absolute Gasteiger partial charge is 0.309 e. The lowest BCUT2D eigenvalue weighted by Gasteiger charge is -2.61. The summed E-state index contributed by atoms with van der Waals surface area (Å²) in [6.45, 7) is 8.02. The fraction of sp³-hybridized carbons (Fsp3) is 0.712. The zero-order chi connectivity index (χ0) is 48.4. The van der Waals surface area contributed by atoms with E-state index < -0.39 is 115 Å². The van der Waals surface area contributed by atoms with Crippen LogP contribution in [0.3, 0.4) is 0 Å². The first-order chi connectivity index (χ1) is 31.6. The Morgan fingerprint density at radius 3 is 1.99 bits per heavy atom. The topological polar surface area (TPSA) is 217 Å². The van der Waals surface area contributed by atoms with Crippen molar-refractivity contribution in [2.75, 3.05) is 20.0 Å². The quantitative estimate of drug-likeness (QED) is 0.0821. The highest BCUT2D eigenvalue weighted by atomic mass is 19.1. The lowest BCUT2D eigenvalue weighted by atomic mass is 9.45. The Labute approximate surface area is 391 Å². The Morgan fingerprint density at radius 2 is 1.33 bits per heavy atom. The third kappa shape index (κ3) is 8.40. The Morgan fingerprint density at radius 1 is 0.716 bits per heavy atom. The van der Waals surface area contributed by atoms with E-state index in [1.54, 1.807) is 19.1 Å². The fourth-order valence-corrected chi connectivity index (χ4v) is 15.6.